The number of nitrogens with zero attached hydrogens (tertiary/aromatic N) is 2. The number of nitro benzene ring substituents is 1. The van der Waals surface area contributed by atoms with Crippen molar-refractivity contribution in [2.45, 2.75) is 20.0 Å². The normalized spacial score (nSPS) is 11.7. The van der Waals surface area contributed by atoms with Crippen LogP contribution >= 0.6 is 0 Å². The summed E-state index contributed by atoms with van der Waals surface area (Å²) in [6, 6.07) is 10.6. The van der Waals surface area contributed by atoms with E-state index in [0.717, 1.165) is 0 Å². The van der Waals surface area contributed by atoms with Gasteiger partial charge in [0.1, 0.15) is 0 Å². The predicted molar refractivity (Wildman–Crippen MR) is 113 cm³/mol. The first-order valence-electron chi connectivity index (χ1n) is 9.34. The number of hydrogen-bond acceptors (Lipinski definition) is 6. The molecule has 0 saturated heterocycles. The Hall–Kier alpha value is -3.68. The molecule has 0 aliphatic carbocycles. The number of carbonyl (C=O) groups excluding carboxylic acids is 2. The highest BCUT2D eigenvalue weighted by molar-refractivity contribution is 6.07. The van der Waals surface area contributed by atoms with E-state index < -0.39 is 11.0 Å². The number of carbonyl (C=O) groups is 2. The van der Waals surface area contributed by atoms with Gasteiger partial charge >= 0.3 is 0 Å². The molecule has 0 saturated carbocycles. The zero-order chi connectivity index (χ0) is 22.3. The van der Waals surface area contributed by atoms with Crippen molar-refractivity contribution in [2.75, 3.05) is 20.7 Å². The number of rotatable bonds is 9. The van der Waals surface area contributed by atoms with E-state index >= 15 is 0 Å². The number of benzene rings is 2. The fourth-order valence-corrected chi connectivity index (χ4v) is 2.64. The smallest absolute Gasteiger partial charge is 0.270 e. The molecule has 0 spiro atoms. The fraction of sp³-hybridized carbons (Fsp3) is 0.273. The van der Waals surface area contributed by atoms with Crippen molar-refractivity contribution >= 4 is 23.5 Å². The average molecular weight is 412 g/mol. The Morgan fingerprint density at radius 2 is 1.90 bits per heavy atom. The molecule has 0 aromatic heterocycles. The van der Waals surface area contributed by atoms with Gasteiger partial charge in [0.05, 0.1) is 11.5 Å². The minimum atomic E-state index is -0.684. The molecule has 0 N–H and O–H groups in total. The lowest BCUT2D eigenvalue weighted by molar-refractivity contribution is -0.384. The van der Waals surface area contributed by atoms with Gasteiger partial charge in [-0.05, 0) is 37.6 Å². The number of hydrogen-bond donors (Lipinski definition) is 0. The summed E-state index contributed by atoms with van der Waals surface area (Å²) in [5.74, 6) is 0.328. The Labute approximate surface area is 174 Å². The zero-order valence-electron chi connectivity index (χ0n) is 17.3. The molecule has 0 heterocycles. The van der Waals surface area contributed by atoms with Gasteiger partial charge in [-0.3, -0.25) is 19.7 Å². The first-order valence-corrected chi connectivity index (χ1v) is 9.34. The summed E-state index contributed by atoms with van der Waals surface area (Å²) in [5, 5.41) is 10.9. The maximum Gasteiger partial charge on any atom is 0.270 e. The van der Waals surface area contributed by atoms with Crippen LogP contribution in [0.4, 0.5) is 5.69 Å². The molecule has 1 amide bonds. The second-order valence-corrected chi connectivity index (χ2v) is 6.64. The summed E-state index contributed by atoms with van der Waals surface area (Å²) in [6.45, 7) is 3.88. The van der Waals surface area contributed by atoms with Crippen LogP contribution in [0.5, 0.6) is 11.5 Å². The molecule has 2 aromatic carbocycles. The third-order valence-electron chi connectivity index (χ3n) is 4.13. The highest BCUT2D eigenvalue weighted by atomic mass is 16.6. The molecule has 1 atom stereocenters. The van der Waals surface area contributed by atoms with E-state index in [2.05, 4.69) is 0 Å². The zero-order valence-corrected chi connectivity index (χ0v) is 17.3. The minimum Gasteiger partial charge on any atom is -0.490 e. The van der Waals surface area contributed by atoms with Crippen molar-refractivity contribution in [3.8, 4) is 11.5 Å². The Balaban J connectivity index is 2.21. The standard InChI is InChI=1S/C22H24N2O6/c1-5-29-21-13-16(10-12-20(21)30-15(2)22(26)23(3)4)9-11-19(25)17-7-6-8-18(14-17)24(27)28/h6-15H,5H2,1-4H3/b11-9+/t15-/m1/s1. The fourth-order valence-electron chi connectivity index (χ4n) is 2.64. The van der Waals surface area contributed by atoms with Gasteiger partial charge in [0, 0.05) is 31.8 Å². The first kappa shape index (κ1) is 22.6. The molecule has 0 fully saturated rings. The highest BCUT2D eigenvalue weighted by Gasteiger charge is 2.18. The van der Waals surface area contributed by atoms with Crippen molar-refractivity contribution in [1.82, 2.24) is 4.90 Å². The Bertz CT molecular complexity index is 968. The maximum absolute atomic E-state index is 12.3. The van der Waals surface area contributed by atoms with Gasteiger partial charge < -0.3 is 14.4 Å². The molecule has 2 rings (SSSR count). The Morgan fingerprint density at radius 1 is 1.17 bits per heavy atom. The molecule has 0 aliphatic rings. The van der Waals surface area contributed by atoms with Gasteiger partial charge in [0.2, 0.25) is 0 Å². The summed E-state index contributed by atoms with van der Waals surface area (Å²) in [5.41, 5.74) is 0.758. The first-order chi connectivity index (χ1) is 14.2. The van der Waals surface area contributed by atoms with E-state index in [-0.39, 0.29) is 22.9 Å². The largest absolute Gasteiger partial charge is 0.490 e. The van der Waals surface area contributed by atoms with Gasteiger partial charge in [0.25, 0.3) is 11.6 Å². The Kier molecular flexibility index (Phi) is 7.69. The predicted octanol–water partition coefficient (Wildman–Crippen LogP) is 3.75. The molecule has 0 aliphatic heterocycles. The number of ether oxygens (including phenoxy) is 2. The number of likely N-dealkylation sites (N-methyl/N-ethyl adjacent to an activating group) is 1. The van der Waals surface area contributed by atoms with Gasteiger partial charge in [0.15, 0.2) is 23.4 Å². The van der Waals surface area contributed by atoms with Crippen molar-refractivity contribution in [3.63, 3.8) is 0 Å². The van der Waals surface area contributed by atoms with Crippen LogP contribution in [0.2, 0.25) is 0 Å². The van der Waals surface area contributed by atoms with E-state index in [0.29, 0.717) is 23.7 Å². The molecule has 0 radical (unpaired) electrons. The lowest BCUT2D eigenvalue weighted by Gasteiger charge is -2.20. The average Bonchev–Trinajstić information content (AvgIpc) is 2.73. The van der Waals surface area contributed by atoms with Gasteiger partial charge in [-0.2, -0.15) is 0 Å². The van der Waals surface area contributed by atoms with E-state index in [1.165, 1.54) is 35.2 Å². The third kappa shape index (κ3) is 5.91. The van der Waals surface area contributed by atoms with Crippen molar-refractivity contribution in [2.24, 2.45) is 0 Å². The van der Waals surface area contributed by atoms with Crippen LogP contribution in [-0.2, 0) is 4.79 Å². The third-order valence-corrected chi connectivity index (χ3v) is 4.13. The van der Waals surface area contributed by atoms with Crippen LogP contribution in [0.1, 0.15) is 29.8 Å². The maximum atomic E-state index is 12.3. The number of allylic oxidation sites excluding steroid dienone is 1. The van der Waals surface area contributed by atoms with Crippen molar-refractivity contribution in [1.29, 1.82) is 0 Å². The van der Waals surface area contributed by atoms with Crippen molar-refractivity contribution < 1.29 is 24.0 Å². The summed E-state index contributed by atoms with van der Waals surface area (Å²) in [6.07, 6.45) is 2.24. The quantitative estimate of drug-likeness (QED) is 0.269. The molecular formula is C22H24N2O6. The van der Waals surface area contributed by atoms with Crippen LogP contribution in [0.3, 0.4) is 0 Å². The molecule has 30 heavy (non-hydrogen) atoms. The number of ketones is 1. The molecular weight excluding hydrogens is 388 g/mol. The van der Waals surface area contributed by atoms with Crippen LogP contribution < -0.4 is 9.47 Å². The topological polar surface area (TPSA) is 99.0 Å². The number of non-ortho nitro benzene ring substituents is 1. The molecule has 8 nitrogen and oxygen atoms in total. The van der Waals surface area contributed by atoms with Crippen molar-refractivity contribution in [3.05, 3.63) is 69.8 Å². The second-order valence-electron chi connectivity index (χ2n) is 6.64. The lowest BCUT2D eigenvalue weighted by Crippen LogP contribution is -2.35. The summed E-state index contributed by atoms with van der Waals surface area (Å²) in [7, 11) is 3.30. The lowest BCUT2D eigenvalue weighted by atomic mass is 10.1. The van der Waals surface area contributed by atoms with Gasteiger partial charge in [-0.1, -0.05) is 24.3 Å². The Morgan fingerprint density at radius 3 is 2.53 bits per heavy atom. The van der Waals surface area contributed by atoms with E-state index in [4.69, 9.17) is 9.47 Å². The van der Waals surface area contributed by atoms with E-state index in [9.17, 15) is 19.7 Å². The van der Waals surface area contributed by atoms with E-state index in [1.54, 1.807) is 45.3 Å². The molecule has 2 aromatic rings. The summed E-state index contributed by atoms with van der Waals surface area (Å²) in [4.78, 5) is 36.1. The summed E-state index contributed by atoms with van der Waals surface area (Å²) < 4.78 is 11.3. The monoisotopic (exact) mass is 412 g/mol. The number of amides is 1. The van der Waals surface area contributed by atoms with Gasteiger partial charge in [-0.15, -0.1) is 0 Å². The van der Waals surface area contributed by atoms with Crippen LogP contribution in [0.15, 0.2) is 48.5 Å². The number of nitro groups is 1. The highest BCUT2D eigenvalue weighted by Crippen LogP contribution is 2.30. The molecule has 0 bridgehead atoms. The summed E-state index contributed by atoms with van der Waals surface area (Å²) >= 11 is 0. The van der Waals surface area contributed by atoms with Crippen LogP contribution in [0.25, 0.3) is 6.08 Å². The molecule has 0 unspecified atom stereocenters. The van der Waals surface area contributed by atoms with Gasteiger partial charge in [-0.25, -0.2) is 0 Å². The van der Waals surface area contributed by atoms with Crippen LogP contribution in [-0.4, -0.2) is 48.3 Å². The molecule has 158 valence electrons. The molecule has 8 heteroatoms. The SMILES string of the molecule is CCOc1cc(/C=C/C(=O)c2cccc([N+](=O)[O-])c2)ccc1O[C@H](C)C(=O)N(C)C. The minimum absolute atomic E-state index is 0.143. The van der Waals surface area contributed by atoms with E-state index in [1.807, 2.05) is 6.92 Å². The second kappa shape index (κ2) is 10.2. The van der Waals surface area contributed by atoms with Crippen LogP contribution in [0, 0.1) is 10.1 Å².